The molecule has 1 aromatic rings. The molecule has 11 heavy (non-hydrogen) atoms. The Morgan fingerprint density at radius 2 is 2.45 bits per heavy atom. The summed E-state index contributed by atoms with van der Waals surface area (Å²) in [6, 6.07) is 3.15. The van der Waals surface area contributed by atoms with E-state index >= 15 is 0 Å². The van der Waals surface area contributed by atoms with Crippen LogP contribution < -0.4 is 0 Å². The molecule has 0 fully saturated rings. The van der Waals surface area contributed by atoms with Crippen LogP contribution in [-0.4, -0.2) is 21.4 Å². The van der Waals surface area contributed by atoms with Crippen LogP contribution in [0.3, 0.4) is 0 Å². The van der Waals surface area contributed by atoms with Crippen molar-refractivity contribution in [2.45, 2.75) is 0 Å². The molecular formula is C7H8N2OS. The normalized spacial score (nSPS) is 9.55. The summed E-state index contributed by atoms with van der Waals surface area (Å²) in [5.41, 5.74) is 0.347. The molecule has 58 valence electrons. The average Bonchev–Trinajstić information content (AvgIpc) is 2.04. The molecule has 0 aliphatic carbocycles. The van der Waals surface area contributed by atoms with Gasteiger partial charge in [0.15, 0.2) is 0 Å². The van der Waals surface area contributed by atoms with Gasteiger partial charge in [-0.3, -0.25) is 10.4 Å². The molecule has 0 unspecified atom stereocenters. The van der Waals surface area contributed by atoms with Gasteiger partial charge in [-0.05, 0) is 18.4 Å². The van der Waals surface area contributed by atoms with Crippen LogP contribution in [0.1, 0.15) is 5.69 Å². The first kappa shape index (κ1) is 8.07. The lowest BCUT2D eigenvalue weighted by molar-refractivity contribution is 0.471. The fraction of sp³-hybridized carbons (Fsp3) is 0.143. The monoisotopic (exact) mass is 168 g/mol. The second-order valence-electron chi connectivity index (χ2n) is 1.90. The van der Waals surface area contributed by atoms with Gasteiger partial charge in [-0.25, -0.2) is 0 Å². The van der Waals surface area contributed by atoms with Crippen molar-refractivity contribution in [2.75, 3.05) is 6.26 Å². The zero-order valence-electron chi connectivity index (χ0n) is 6.03. The van der Waals surface area contributed by atoms with Crippen LogP contribution in [-0.2, 0) is 0 Å². The lowest BCUT2D eigenvalue weighted by Gasteiger charge is -2.00. The highest BCUT2D eigenvalue weighted by molar-refractivity contribution is 8.13. The average molecular weight is 168 g/mol. The number of rotatable bonds is 1. The van der Waals surface area contributed by atoms with Crippen molar-refractivity contribution < 1.29 is 5.11 Å². The van der Waals surface area contributed by atoms with E-state index in [2.05, 4.69) is 4.98 Å². The second-order valence-corrected chi connectivity index (χ2v) is 2.72. The molecule has 0 aliphatic rings. The van der Waals surface area contributed by atoms with E-state index in [1.165, 1.54) is 17.8 Å². The van der Waals surface area contributed by atoms with Gasteiger partial charge in [0.2, 0.25) is 0 Å². The fourth-order valence-corrected chi connectivity index (χ4v) is 1.02. The second kappa shape index (κ2) is 3.39. The molecule has 0 aliphatic heterocycles. The summed E-state index contributed by atoms with van der Waals surface area (Å²) in [5, 5.41) is 16.8. The van der Waals surface area contributed by atoms with Crippen LogP contribution in [0.4, 0.5) is 0 Å². The number of hydrogen-bond acceptors (Lipinski definition) is 4. The maximum absolute atomic E-state index is 9.20. The predicted octanol–water partition coefficient (Wildman–Crippen LogP) is 1.48. The van der Waals surface area contributed by atoms with Gasteiger partial charge < -0.3 is 5.11 Å². The highest BCUT2D eigenvalue weighted by Crippen LogP contribution is 2.16. The minimum absolute atomic E-state index is 0.0619. The first-order chi connectivity index (χ1) is 5.25. The summed E-state index contributed by atoms with van der Waals surface area (Å²) >= 11 is 1.25. The molecule has 4 heteroatoms. The topological polar surface area (TPSA) is 57.0 Å². The standard InChI is InChI=1S/C7H8N2OS/c1-11-7(8)6-5(10)3-2-4-9-6/h2-4,8,10H,1H3. The third-order valence-electron chi connectivity index (χ3n) is 1.21. The highest BCUT2D eigenvalue weighted by atomic mass is 32.2. The Balaban J connectivity index is 3.03. The number of pyridine rings is 1. The Morgan fingerprint density at radius 3 is 3.00 bits per heavy atom. The lowest BCUT2D eigenvalue weighted by Crippen LogP contribution is -1.95. The summed E-state index contributed by atoms with van der Waals surface area (Å²) in [4.78, 5) is 3.85. The Bertz CT molecular complexity index is 275. The van der Waals surface area contributed by atoms with E-state index in [1.54, 1.807) is 18.5 Å². The molecule has 0 aromatic carbocycles. The quantitative estimate of drug-likeness (QED) is 0.493. The summed E-state index contributed by atoms with van der Waals surface area (Å²) in [5.74, 6) is 0.0619. The molecule has 0 amide bonds. The van der Waals surface area contributed by atoms with Crippen molar-refractivity contribution in [3.8, 4) is 5.75 Å². The number of hydrogen-bond donors (Lipinski definition) is 2. The number of aromatic nitrogens is 1. The molecule has 2 N–H and O–H groups in total. The van der Waals surface area contributed by atoms with Crippen molar-refractivity contribution in [2.24, 2.45) is 0 Å². The molecule has 0 radical (unpaired) electrons. The molecule has 0 atom stereocenters. The van der Waals surface area contributed by atoms with E-state index in [-0.39, 0.29) is 10.8 Å². The van der Waals surface area contributed by atoms with Gasteiger partial charge >= 0.3 is 0 Å². The van der Waals surface area contributed by atoms with Crippen molar-refractivity contribution >= 4 is 16.8 Å². The third kappa shape index (κ3) is 1.71. The number of aromatic hydroxyl groups is 1. The highest BCUT2D eigenvalue weighted by Gasteiger charge is 2.05. The Labute approximate surface area is 69.0 Å². The summed E-state index contributed by atoms with van der Waals surface area (Å²) in [6.07, 6.45) is 3.33. The predicted molar refractivity (Wildman–Crippen MR) is 46.2 cm³/mol. The van der Waals surface area contributed by atoms with Crippen LogP contribution in [0, 0.1) is 5.41 Å². The summed E-state index contributed by atoms with van der Waals surface area (Å²) in [7, 11) is 0. The summed E-state index contributed by atoms with van der Waals surface area (Å²) in [6.45, 7) is 0. The van der Waals surface area contributed by atoms with Crippen LogP contribution in [0.25, 0.3) is 0 Å². The zero-order chi connectivity index (χ0) is 8.27. The Hall–Kier alpha value is -1.03. The van der Waals surface area contributed by atoms with Gasteiger partial charge in [0.1, 0.15) is 16.5 Å². The molecule has 0 spiro atoms. The molecule has 0 bridgehead atoms. The van der Waals surface area contributed by atoms with Crippen LogP contribution >= 0.6 is 11.8 Å². The van der Waals surface area contributed by atoms with Crippen LogP contribution in [0.2, 0.25) is 0 Å². The summed E-state index contributed by atoms with van der Waals surface area (Å²) < 4.78 is 0. The fourth-order valence-electron chi connectivity index (χ4n) is 0.668. The molecule has 0 saturated heterocycles. The van der Waals surface area contributed by atoms with Crippen LogP contribution in [0.15, 0.2) is 18.3 Å². The molecule has 1 aromatic heterocycles. The van der Waals surface area contributed by atoms with Crippen LogP contribution in [0.5, 0.6) is 5.75 Å². The van der Waals surface area contributed by atoms with E-state index in [0.717, 1.165) is 0 Å². The van der Waals surface area contributed by atoms with Crippen molar-refractivity contribution in [1.82, 2.24) is 4.98 Å². The van der Waals surface area contributed by atoms with Gasteiger partial charge in [0.25, 0.3) is 0 Å². The molecule has 0 saturated carbocycles. The van der Waals surface area contributed by atoms with E-state index < -0.39 is 0 Å². The molecule has 1 heterocycles. The third-order valence-corrected chi connectivity index (χ3v) is 1.81. The Morgan fingerprint density at radius 1 is 1.73 bits per heavy atom. The zero-order valence-corrected chi connectivity index (χ0v) is 6.85. The van der Waals surface area contributed by atoms with Crippen molar-refractivity contribution in [3.05, 3.63) is 24.0 Å². The van der Waals surface area contributed by atoms with Gasteiger partial charge in [0, 0.05) is 6.20 Å². The van der Waals surface area contributed by atoms with Crippen molar-refractivity contribution in [1.29, 1.82) is 5.41 Å². The van der Waals surface area contributed by atoms with Gasteiger partial charge in [-0.15, -0.1) is 11.8 Å². The molecular weight excluding hydrogens is 160 g/mol. The van der Waals surface area contributed by atoms with E-state index in [0.29, 0.717) is 5.69 Å². The number of nitrogens with zero attached hydrogens (tertiary/aromatic N) is 1. The molecule has 3 nitrogen and oxygen atoms in total. The van der Waals surface area contributed by atoms with E-state index in [4.69, 9.17) is 5.41 Å². The minimum Gasteiger partial charge on any atom is -0.506 e. The smallest absolute Gasteiger partial charge is 0.143 e. The first-order valence-corrected chi connectivity index (χ1v) is 4.25. The molecule has 1 rings (SSSR count). The van der Waals surface area contributed by atoms with E-state index in [9.17, 15) is 5.11 Å². The maximum Gasteiger partial charge on any atom is 0.143 e. The number of thioether (sulfide) groups is 1. The number of nitrogens with one attached hydrogen (secondary N) is 1. The van der Waals surface area contributed by atoms with E-state index in [1.807, 2.05) is 0 Å². The maximum atomic E-state index is 9.20. The Kier molecular flexibility index (Phi) is 2.48. The first-order valence-electron chi connectivity index (χ1n) is 3.02. The largest absolute Gasteiger partial charge is 0.506 e. The lowest BCUT2D eigenvalue weighted by atomic mass is 10.3. The minimum atomic E-state index is 0.0619. The van der Waals surface area contributed by atoms with Gasteiger partial charge in [-0.1, -0.05) is 0 Å². The SMILES string of the molecule is CSC(=N)c1ncccc1O. The van der Waals surface area contributed by atoms with Gasteiger partial charge in [-0.2, -0.15) is 0 Å². The van der Waals surface area contributed by atoms with Crippen molar-refractivity contribution in [3.63, 3.8) is 0 Å². The van der Waals surface area contributed by atoms with Gasteiger partial charge in [0.05, 0.1) is 0 Å².